The predicted molar refractivity (Wildman–Crippen MR) is 83.4 cm³/mol. The third kappa shape index (κ3) is 6.23. The molecule has 0 atom stereocenters. The van der Waals surface area contributed by atoms with Crippen molar-refractivity contribution in [2.45, 2.75) is 39.7 Å². The molecule has 3 nitrogen and oxygen atoms in total. The fourth-order valence-corrected chi connectivity index (χ4v) is 2.54. The minimum absolute atomic E-state index is 0.0943. The van der Waals surface area contributed by atoms with Crippen molar-refractivity contribution in [2.24, 2.45) is 5.92 Å². The number of carbonyl (C=O) groups excluding carboxylic acids is 1. The lowest BCUT2D eigenvalue weighted by Crippen LogP contribution is -2.25. The van der Waals surface area contributed by atoms with Gasteiger partial charge in [-0.1, -0.05) is 25.7 Å². The Morgan fingerprint density at radius 3 is 2.90 bits per heavy atom. The van der Waals surface area contributed by atoms with E-state index in [-0.39, 0.29) is 12.5 Å². The Balaban J connectivity index is 2.48. The van der Waals surface area contributed by atoms with Gasteiger partial charge in [-0.2, -0.15) is 0 Å². The normalized spacial score (nSPS) is 10.2. The summed E-state index contributed by atoms with van der Waals surface area (Å²) in [6, 6.07) is 2.02. The lowest BCUT2D eigenvalue weighted by molar-refractivity contribution is -0.130. The summed E-state index contributed by atoms with van der Waals surface area (Å²) < 4.78 is 0. The maximum absolute atomic E-state index is 11.9. The first-order valence-electron chi connectivity index (χ1n) is 6.94. The number of nitrogens with zero attached hydrogens (tertiary/aromatic N) is 1. The number of amides is 1. The Labute approximate surface area is 125 Å². The lowest BCUT2D eigenvalue weighted by Gasteiger charge is -2.16. The summed E-state index contributed by atoms with van der Waals surface area (Å²) in [6.45, 7) is 4.99. The van der Waals surface area contributed by atoms with Crippen molar-refractivity contribution in [2.75, 3.05) is 13.7 Å². The molecule has 0 aliphatic rings. The van der Waals surface area contributed by atoms with E-state index in [2.05, 4.69) is 25.7 Å². The molecule has 1 N–H and O–H groups in total. The Bertz CT molecular complexity index is 482. The van der Waals surface area contributed by atoms with Crippen molar-refractivity contribution in [1.29, 1.82) is 0 Å². The number of thiophene rings is 1. The van der Waals surface area contributed by atoms with E-state index in [1.54, 1.807) is 16.2 Å². The molecule has 20 heavy (non-hydrogen) atoms. The Kier molecular flexibility index (Phi) is 7.35. The smallest absolute Gasteiger partial charge is 0.222 e. The van der Waals surface area contributed by atoms with Crippen LogP contribution in [0.25, 0.3) is 0 Å². The van der Waals surface area contributed by atoms with Crippen LogP contribution in [-0.2, 0) is 11.3 Å². The van der Waals surface area contributed by atoms with Gasteiger partial charge in [0.1, 0.15) is 0 Å². The van der Waals surface area contributed by atoms with E-state index in [1.807, 2.05) is 18.5 Å². The van der Waals surface area contributed by atoms with Crippen LogP contribution in [0, 0.1) is 17.8 Å². The highest BCUT2D eigenvalue weighted by molar-refractivity contribution is 7.10. The number of hydrogen-bond donors (Lipinski definition) is 1. The number of carbonyl (C=O) groups is 1. The number of rotatable bonds is 6. The molecule has 0 aromatic carbocycles. The topological polar surface area (TPSA) is 40.5 Å². The average Bonchev–Trinajstić information content (AvgIpc) is 2.83. The third-order valence-electron chi connectivity index (χ3n) is 2.88. The van der Waals surface area contributed by atoms with Crippen LogP contribution in [0.3, 0.4) is 0 Å². The molecule has 1 aromatic heterocycles. The monoisotopic (exact) mass is 293 g/mol. The minimum Gasteiger partial charge on any atom is -0.395 e. The largest absolute Gasteiger partial charge is 0.395 e. The maximum Gasteiger partial charge on any atom is 0.222 e. The molecule has 1 heterocycles. The highest BCUT2D eigenvalue weighted by Crippen LogP contribution is 2.16. The molecule has 0 saturated carbocycles. The zero-order chi connectivity index (χ0) is 15.0. The van der Waals surface area contributed by atoms with Gasteiger partial charge in [0, 0.05) is 35.7 Å². The van der Waals surface area contributed by atoms with Gasteiger partial charge in [0.05, 0.1) is 13.2 Å². The molecule has 0 saturated heterocycles. The second kappa shape index (κ2) is 8.78. The molecule has 1 amide bonds. The van der Waals surface area contributed by atoms with Gasteiger partial charge < -0.3 is 10.0 Å². The molecule has 0 radical (unpaired) electrons. The van der Waals surface area contributed by atoms with Gasteiger partial charge in [0.15, 0.2) is 0 Å². The van der Waals surface area contributed by atoms with Crippen molar-refractivity contribution in [3.63, 3.8) is 0 Å². The zero-order valence-electron chi connectivity index (χ0n) is 12.5. The highest BCUT2D eigenvalue weighted by atomic mass is 32.1. The third-order valence-corrected chi connectivity index (χ3v) is 3.80. The molecular formula is C16H23NO2S. The fourth-order valence-electron chi connectivity index (χ4n) is 1.67. The van der Waals surface area contributed by atoms with Crippen LogP contribution < -0.4 is 0 Å². The zero-order valence-corrected chi connectivity index (χ0v) is 13.3. The van der Waals surface area contributed by atoms with Crippen LogP contribution in [-0.4, -0.2) is 29.6 Å². The van der Waals surface area contributed by atoms with Crippen LogP contribution in [0.4, 0.5) is 0 Å². The van der Waals surface area contributed by atoms with E-state index < -0.39 is 0 Å². The Morgan fingerprint density at radius 1 is 1.50 bits per heavy atom. The number of aliphatic hydroxyl groups excluding tert-OH is 1. The summed E-state index contributed by atoms with van der Waals surface area (Å²) in [5, 5.41) is 10.7. The van der Waals surface area contributed by atoms with E-state index in [9.17, 15) is 4.79 Å². The maximum atomic E-state index is 11.9. The molecule has 1 rings (SSSR count). The molecule has 1 aromatic rings. The quantitative estimate of drug-likeness (QED) is 0.819. The minimum atomic E-state index is 0.0943. The molecule has 110 valence electrons. The van der Waals surface area contributed by atoms with E-state index in [0.29, 0.717) is 25.3 Å². The summed E-state index contributed by atoms with van der Waals surface area (Å²) in [4.78, 5) is 14.9. The van der Waals surface area contributed by atoms with Gasteiger partial charge in [-0.25, -0.2) is 0 Å². The van der Waals surface area contributed by atoms with Gasteiger partial charge in [0.2, 0.25) is 5.91 Å². The van der Waals surface area contributed by atoms with Crippen molar-refractivity contribution < 1.29 is 9.90 Å². The molecule has 0 fully saturated rings. The molecule has 0 spiro atoms. The van der Waals surface area contributed by atoms with Crippen molar-refractivity contribution in [3.05, 3.63) is 21.9 Å². The van der Waals surface area contributed by atoms with Crippen LogP contribution in [0.1, 0.15) is 43.6 Å². The second-order valence-electron chi connectivity index (χ2n) is 5.26. The van der Waals surface area contributed by atoms with Crippen LogP contribution >= 0.6 is 11.3 Å². The molecular weight excluding hydrogens is 270 g/mol. The van der Waals surface area contributed by atoms with E-state index in [0.717, 1.165) is 16.9 Å². The van der Waals surface area contributed by atoms with Crippen LogP contribution in [0.2, 0.25) is 0 Å². The average molecular weight is 293 g/mol. The van der Waals surface area contributed by atoms with Crippen LogP contribution in [0.5, 0.6) is 0 Å². The van der Waals surface area contributed by atoms with E-state index in [4.69, 9.17) is 5.11 Å². The van der Waals surface area contributed by atoms with Gasteiger partial charge in [-0.05, 0) is 18.4 Å². The first-order chi connectivity index (χ1) is 9.52. The summed E-state index contributed by atoms with van der Waals surface area (Å²) >= 11 is 1.62. The van der Waals surface area contributed by atoms with Crippen molar-refractivity contribution in [1.82, 2.24) is 4.90 Å². The number of aliphatic hydroxyl groups is 1. The summed E-state index contributed by atoms with van der Waals surface area (Å²) in [6.07, 6.45) is 2.05. The van der Waals surface area contributed by atoms with Gasteiger partial charge in [0.25, 0.3) is 0 Å². The summed E-state index contributed by atoms with van der Waals surface area (Å²) in [5.41, 5.74) is 0.960. The van der Waals surface area contributed by atoms with Crippen molar-refractivity contribution >= 4 is 17.2 Å². The fraction of sp³-hybridized carbons (Fsp3) is 0.562. The highest BCUT2D eigenvalue weighted by Gasteiger charge is 2.11. The Morgan fingerprint density at radius 2 is 2.25 bits per heavy atom. The van der Waals surface area contributed by atoms with Crippen molar-refractivity contribution in [3.8, 4) is 11.8 Å². The van der Waals surface area contributed by atoms with Gasteiger partial charge in [-0.15, -0.1) is 11.3 Å². The first-order valence-corrected chi connectivity index (χ1v) is 7.82. The van der Waals surface area contributed by atoms with E-state index >= 15 is 0 Å². The molecule has 0 aliphatic heterocycles. The summed E-state index contributed by atoms with van der Waals surface area (Å²) in [7, 11) is 1.85. The molecule has 4 heteroatoms. The molecule has 0 bridgehead atoms. The SMILES string of the molecule is CC(C)CCC(=O)N(C)Cc1cc(C#CCCO)cs1. The Hall–Kier alpha value is -1.31. The van der Waals surface area contributed by atoms with E-state index in [1.165, 1.54) is 0 Å². The van der Waals surface area contributed by atoms with Crippen LogP contribution in [0.15, 0.2) is 11.4 Å². The molecule has 0 aliphatic carbocycles. The lowest BCUT2D eigenvalue weighted by atomic mass is 10.1. The second-order valence-corrected chi connectivity index (χ2v) is 6.26. The predicted octanol–water partition coefficient (Wildman–Crippen LogP) is 2.88. The standard InChI is InChI=1S/C16H23NO2S/c1-13(2)7-8-16(19)17(3)11-15-10-14(12-20-15)6-4-5-9-18/h10,12-13,18H,5,7-9,11H2,1-3H3. The van der Waals surface area contributed by atoms with Gasteiger partial charge >= 0.3 is 0 Å². The summed E-state index contributed by atoms with van der Waals surface area (Å²) in [5.74, 6) is 6.66. The first kappa shape index (κ1) is 16.7. The van der Waals surface area contributed by atoms with Gasteiger partial charge in [-0.3, -0.25) is 4.79 Å². The molecule has 0 unspecified atom stereocenters. The number of hydrogen-bond acceptors (Lipinski definition) is 3.